The highest BCUT2D eigenvalue weighted by Crippen LogP contribution is 2.49. The zero-order valence-corrected chi connectivity index (χ0v) is 21.6. The Morgan fingerprint density at radius 1 is 1.14 bits per heavy atom. The molecule has 188 valence electrons. The fourth-order valence-electron chi connectivity index (χ4n) is 5.22. The van der Waals surface area contributed by atoms with Crippen LogP contribution in [0.5, 0.6) is 0 Å². The van der Waals surface area contributed by atoms with Gasteiger partial charge < -0.3 is 19.9 Å². The van der Waals surface area contributed by atoms with E-state index >= 15 is 0 Å². The van der Waals surface area contributed by atoms with Crippen molar-refractivity contribution in [2.24, 2.45) is 11.8 Å². The summed E-state index contributed by atoms with van der Waals surface area (Å²) in [5.41, 5.74) is 4.86. The van der Waals surface area contributed by atoms with Gasteiger partial charge in [0.25, 0.3) is 0 Å². The van der Waals surface area contributed by atoms with E-state index in [1.807, 2.05) is 49.5 Å². The number of pyridine rings is 2. The van der Waals surface area contributed by atoms with Gasteiger partial charge in [0, 0.05) is 87.3 Å². The van der Waals surface area contributed by atoms with Gasteiger partial charge in [0.1, 0.15) is 12.1 Å². The second kappa shape index (κ2) is 9.13. The van der Waals surface area contributed by atoms with Crippen molar-refractivity contribution in [3.05, 3.63) is 59.5 Å². The third kappa shape index (κ3) is 4.35. The maximum Gasteiger partial charge on any atom is 0.404 e. The number of nitrogens with zero attached hydrogens (tertiary/aromatic N) is 5. The normalized spacial score (nSPS) is 21.1. The number of nitrogens with one attached hydrogen (secondary N) is 1. The van der Waals surface area contributed by atoms with Gasteiger partial charge in [-0.3, -0.25) is 4.98 Å². The lowest BCUT2D eigenvalue weighted by atomic mass is 9.94. The SMILES string of the molecule is Cc1ccc(-c2cccc(Cl)c2-c2cc3cnc([S+](C)[O-])nc3nc2N2CC3C(C2)C3NC(=O)O)cn1. The Morgan fingerprint density at radius 2 is 1.92 bits per heavy atom. The lowest BCUT2D eigenvalue weighted by Crippen LogP contribution is -2.34. The maximum atomic E-state index is 12.0. The van der Waals surface area contributed by atoms with Crippen molar-refractivity contribution < 1.29 is 14.5 Å². The summed E-state index contributed by atoms with van der Waals surface area (Å²) in [5, 5.41) is 13.2. The van der Waals surface area contributed by atoms with Crippen LogP contribution in [0.4, 0.5) is 10.6 Å². The van der Waals surface area contributed by atoms with Crippen LogP contribution in [-0.4, -0.2) is 61.1 Å². The lowest BCUT2D eigenvalue weighted by Gasteiger charge is -2.25. The number of fused-ring (bicyclic) bond motifs is 2. The number of amides is 1. The van der Waals surface area contributed by atoms with Gasteiger partial charge in [-0.2, -0.15) is 9.97 Å². The van der Waals surface area contributed by atoms with Crippen LogP contribution in [0.25, 0.3) is 33.3 Å². The van der Waals surface area contributed by atoms with Gasteiger partial charge in [0.05, 0.1) is 0 Å². The highest BCUT2D eigenvalue weighted by molar-refractivity contribution is 7.90. The van der Waals surface area contributed by atoms with Crippen molar-refractivity contribution in [2.45, 2.75) is 18.1 Å². The first-order chi connectivity index (χ1) is 17.8. The first-order valence-corrected chi connectivity index (χ1v) is 13.7. The zero-order valence-electron chi connectivity index (χ0n) is 20.1. The number of anilines is 1. The number of carboxylic acid groups (broad SMARTS) is 1. The summed E-state index contributed by atoms with van der Waals surface area (Å²) in [6, 6.07) is 11.7. The minimum atomic E-state index is -1.35. The van der Waals surface area contributed by atoms with Crippen molar-refractivity contribution in [2.75, 3.05) is 24.2 Å². The Bertz CT molecular complexity index is 1520. The number of aromatic nitrogens is 4. The van der Waals surface area contributed by atoms with Crippen LogP contribution in [0, 0.1) is 18.8 Å². The first kappa shape index (κ1) is 23.9. The van der Waals surface area contributed by atoms with Gasteiger partial charge >= 0.3 is 11.2 Å². The van der Waals surface area contributed by atoms with E-state index in [0.29, 0.717) is 35.0 Å². The van der Waals surface area contributed by atoms with Gasteiger partial charge in [-0.05, 0) is 30.7 Å². The molecule has 4 aromatic rings. The molecule has 4 heterocycles. The molecule has 1 saturated heterocycles. The molecule has 1 aliphatic carbocycles. The predicted molar refractivity (Wildman–Crippen MR) is 142 cm³/mol. The van der Waals surface area contributed by atoms with Crippen molar-refractivity contribution in [1.29, 1.82) is 0 Å². The Morgan fingerprint density at radius 3 is 2.59 bits per heavy atom. The molecule has 1 aliphatic heterocycles. The number of rotatable bonds is 5. The van der Waals surface area contributed by atoms with Crippen LogP contribution < -0.4 is 10.2 Å². The van der Waals surface area contributed by atoms with Gasteiger partial charge in [-0.15, -0.1) is 0 Å². The molecule has 0 radical (unpaired) electrons. The predicted octanol–water partition coefficient (Wildman–Crippen LogP) is 4.16. The Kier molecular flexibility index (Phi) is 5.89. The third-order valence-electron chi connectivity index (χ3n) is 7.07. The van der Waals surface area contributed by atoms with E-state index < -0.39 is 17.3 Å². The molecule has 6 rings (SSSR count). The van der Waals surface area contributed by atoms with Gasteiger partial charge in [-0.25, -0.2) is 9.78 Å². The molecule has 2 aliphatic rings. The monoisotopic (exact) mass is 534 g/mol. The van der Waals surface area contributed by atoms with Crippen LogP contribution in [0.2, 0.25) is 5.02 Å². The summed E-state index contributed by atoms with van der Waals surface area (Å²) >= 11 is 5.50. The second-order valence-electron chi connectivity index (χ2n) is 9.44. The van der Waals surface area contributed by atoms with Crippen LogP contribution in [-0.2, 0) is 11.2 Å². The van der Waals surface area contributed by atoms with Crippen LogP contribution in [0.15, 0.2) is 53.9 Å². The molecule has 0 bridgehead atoms. The highest BCUT2D eigenvalue weighted by Gasteiger charge is 2.57. The zero-order chi connectivity index (χ0) is 25.8. The Hall–Kier alpha value is -3.47. The summed E-state index contributed by atoms with van der Waals surface area (Å²) in [6.45, 7) is 3.26. The average molecular weight is 535 g/mol. The molecule has 0 spiro atoms. The van der Waals surface area contributed by atoms with Crippen molar-refractivity contribution in [3.63, 3.8) is 0 Å². The number of halogens is 1. The first-order valence-electron chi connectivity index (χ1n) is 11.8. The average Bonchev–Trinajstić information content (AvgIpc) is 3.29. The molecule has 11 heteroatoms. The number of benzene rings is 1. The number of carbonyl (C=O) groups is 1. The van der Waals surface area contributed by atoms with E-state index in [2.05, 4.69) is 25.2 Å². The third-order valence-corrected chi connectivity index (χ3v) is 8.10. The minimum Gasteiger partial charge on any atom is -0.609 e. The molecular formula is C26H23ClN6O3S. The Balaban J connectivity index is 1.50. The molecule has 3 atom stereocenters. The fraction of sp³-hybridized carbons (Fsp3) is 0.269. The summed E-state index contributed by atoms with van der Waals surface area (Å²) in [6.07, 6.45) is 4.00. The highest BCUT2D eigenvalue weighted by atomic mass is 35.5. The molecule has 3 unspecified atom stereocenters. The summed E-state index contributed by atoms with van der Waals surface area (Å²) in [5.74, 6) is 1.14. The van der Waals surface area contributed by atoms with Gasteiger partial charge in [0.2, 0.25) is 0 Å². The topological polar surface area (TPSA) is 127 Å². The van der Waals surface area contributed by atoms with E-state index in [4.69, 9.17) is 21.7 Å². The number of hydrogen-bond donors (Lipinski definition) is 2. The number of aryl methyl sites for hydroxylation is 1. The van der Waals surface area contributed by atoms with Crippen LogP contribution in [0.3, 0.4) is 0 Å². The second-order valence-corrected chi connectivity index (χ2v) is 11.1. The van der Waals surface area contributed by atoms with Crippen molar-refractivity contribution in [1.82, 2.24) is 25.3 Å². The Labute approximate surface area is 221 Å². The van der Waals surface area contributed by atoms with E-state index in [1.165, 1.54) is 6.26 Å². The van der Waals surface area contributed by atoms with E-state index in [1.54, 1.807) is 6.20 Å². The van der Waals surface area contributed by atoms with Gasteiger partial charge in [-0.1, -0.05) is 29.8 Å². The molecule has 37 heavy (non-hydrogen) atoms. The molecule has 1 aromatic carbocycles. The fourth-order valence-corrected chi connectivity index (χ4v) is 5.92. The molecule has 2 N–H and O–H groups in total. The molecule has 3 aromatic heterocycles. The molecular weight excluding hydrogens is 512 g/mol. The largest absolute Gasteiger partial charge is 0.609 e. The van der Waals surface area contributed by atoms with E-state index in [9.17, 15) is 9.35 Å². The van der Waals surface area contributed by atoms with Gasteiger partial charge in [0.15, 0.2) is 5.65 Å². The smallest absolute Gasteiger partial charge is 0.404 e. The molecule has 1 saturated carbocycles. The minimum absolute atomic E-state index is 0.0383. The molecule has 9 nitrogen and oxygen atoms in total. The summed E-state index contributed by atoms with van der Waals surface area (Å²) < 4.78 is 12.0. The van der Waals surface area contributed by atoms with E-state index in [-0.39, 0.29) is 23.0 Å². The number of piperidine rings is 1. The molecule has 1 amide bonds. The lowest BCUT2D eigenvalue weighted by molar-refractivity contribution is 0.192. The number of hydrogen-bond acceptors (Lipinski definition) is 7. The van der Waals surface area contributed by atoms with Crippen molar-refractivity contribution in [3.8, 4) is 22.3 Å². The van der Waals surface area contributed by atoms with E-state index in [0.717, 1.165) is 27.9 Å². The molecule has 2 fully saturated rings. The van der Waals surface area contributed by atoms with Crippen molar-refractivity contribution >= 4 is 45.7 Å². The van der Waals surface area contributed by atoms with Crippen LogP contribution >= 0.6 is 11.6 Å². The standard InChI is InChI=1S/C26H23ClN6O3S/c1-13-6-7-14(9-28-13)16-4-3-5-20(27)21(16)17-8-15-10-29-25(37(2)36)32-23(15)31-24(17)33-11-18-19(12-33)22(18)30-26(34)35/h3-10,18-19,22,30H,11-12H2,1-2H3,(H,34,35). The van der Waals surface area contributed by atoms with Crippen LogP contribution in [0.1, 0.15) is 5.69 Å². The quantitative estimate of drug-likeness (QED) is 0.289. The summed E-state index contributed by atoms with van der Waals surface area (Å²) in [4.78, 5) is 31.4. The summed E-state index contributed by atoms with van der Waals surface area (Å²) in [7, 11) is 0. The maximum absolute atomic E-state index is 12.0.